The Hall–Kier alpha value is -0.350. The highest BCUT2D eigenvalue weighted by molar-refractivity contribution is 6.35. The quantitative estimate of drug-likeness (QED) is 0.925. The Morgan fingerprint density at radius 1 is 1.10 bits per heavy atom. The fraction of sp³-hybridized carbons (Fsp3) is 0.667. The van der Waals surface area contributed by atoms with Gasteiger partial charge >= 0.3 is 0 Å². The minimum Gasteiger partial charge on any atom is -0.314 e. The molecule has 20 heavy (non-hydrogen) atoms. The van der Waals surface area contributed by atoms with Crippen LogP contribution < -0.4 is 5.32 Å². The van der Waals surface area contributed by atoms with Gasteiger partial charge in [0.1, 0.15) is 0 Å². The minimum absolute atomic E-state index is 0.350. The lowest BCUT2D eigenvalue weighted by Crippen LogP contribution is -2.46. The molecule has 1 aliphatic heterocycles. The van der Waals surface area contributed by atoms with Gasteiger partial charge in [-0.2, -0.15) is 0 Å². The van der Waals surface area contributed by atoms with Crippen molar-refractivity contribution in [1.29, 1.82) is 0 Å². The van der Waals surface area contributed by atoms with Crippen molar-refractivity contribution in [2.75, 3.05) is 26.2 Å². The normalized spacial score (nSPS) is 23.1. The minimum atomic E-state index is 0.350. The fourth-order valence-corrected chi connectivity index (χ4v) is 4.24. The van der Waals surface area contributed by atoms with Crippen LogP contribution in [-0.2, 0) is 0 Å². The van der Waals surface area contributed by atoms with Crippen LogP contribution in [0.3, 0.4) is 0 Å². The molecule has 2 aliphatic rings. The van der Waals surface area contributed by atoms with Gasteiger partial charge in [0.15, 0.2) is 0 Å². The first-order valence-corrected chi connectivity index (χ1v) is 8.26. The van der Waals surface area contributed by atoms with Crippen molar-refractivity contribution < 1.29 is 0 Å². The Balaban J connectivity index is 1.95. The molecule has 0 unspecified atom stereocenters. The zero-order valence-electron chi connectivity index (χ0n) is 11.6. The predicted molar refractivity (Wildman–Crippen MR) is 83.4 cm³/mol. The lowest BCUT2D eigenvalue weighted by Gasteiger charge is -2.39. The van der Waals surface area contributed by atoms with E-state index in [-0.39, 0.29) is 0 Å². The lowest BCUT2D eigenvalue weighted by molar-refractivity contribution is 0.125. The van der Waals surface area contributed by atoms with E-state index in [1.54, 1.807) is 12.4 Å². The van der Waals surface area contributed by atoms with Crippen LogP contribution in [0, 0.1) is 5.92 Å². The molecule has 0 radical (unpaired) electrons. The molecule has 1 saturated heterocycles. The Kier molecular flexibility index (Phi) is 4.82. The van der Waals surface area contributed by atoms with E-state index in [1.165, 1.54) is 25.7 Å². The van der Waals surface area contributed by atoms with Crippen LogP contribution in [0.2, 0.25) is 10.0 Å². The summed E-state index contributed by atoms with van der Waals surface area (Å²) in [6.45, 7) is 4.22. The van der Waals surface area contributed by atoms with Crippen molar-refractivity contribution in [3.8, 4) is 0 Å². The first-order valence-electron chi connectivity index (χ1n) is 7.51. The van der Waals surface area contributed by atoms with E-state index < -0.39 is 0 Å². The summed E-state index contributed by atoms with van der Waals surface area (Å²) in [4.78, 5) is 6.66. The highest BCUT2D eigenvalue weighted by atomic mass is 35.5. The third-order valence-corrected chi connectivity index (χ3v) is 5.18. The molecule has 1 saturated carbocycles. The van der Waals surface area contributed by atoms with E-state index >= 15 is 0 Å². The highest BCUT2D eigenvalue weighted by Crippen LogP contribution is 2.44. The number of pyridine rings is 1. The van der Waals surface area contributed by atoms with Crippen LogP contribution in [-0.4, -0.2) is 36.1 Å². The first-order chi connectivity index (χ1) is 9.77. The van der Waals surface area contributed by atoms with Gasteiger partial charge in [-0.25, -0.2) is 0 Å². The number of piperazine rings is 1. The molecule has 5 heteroatoms. The number of nitrogens with zero attached hydrogens (tertiary/aromatic N) is 2. The summed E-state index contributed by atoms with van der Waals surface area (Å²) in [7, 11) is 0. The number of hydrogen-bond acceptors (Lipinski definition) is 3. The second-order valence-corrected chi connectivity index (χ2v) is 6.61. The molecule has 0 amide bonds. The van der Waals surface area contributed by atoms with E-state index in [2.05, 4.69) is 15.2 Å². The Labute approximate surface area is 130 Å². The monoisotopic (exact) mass is 313 g/mol. The maximum Gasteiger partial charge on any atom is 0.0652 e. The number of halogens is 2. The zero-order chi connectivity index (χ0) is 13.9. The molecule has 110 valence electrons. The summed E-state index contributed by atoms with van der Waals surface area (Å²) < 4.78 is 0. The molecule has 0 spiro atoms. The summed E-state index contributed by atoms with van der Waals surface area (Å²) in [6.07, 6.45) is 8.67. The van der Waals surface area contributed by atoms with E-state index in [9.17, 15) is 0 Å². The van der Waals surface area contributed by atoms with Crippen molar-refractivity contribution in [2.45, 2.75) is 31.7 Å². The Morgan fingerprint density at radius 2 is 1.70 bits per heavy atom. The van der Waals surface area contributed by atoms with Crippen molar-refractivity contribution in [1.82, 2.24) is 15.2 Å². The molecule has 3 rings (SSSR count). The molecule has 3 nitrogen and oxygen atoms in total. The Morgan fingerprint density at radius 3 is 2.30 bits per heavy atom. The van der Waals surface area contributed by atoms with Gasteiger partial charge in [-0.1, -0.05) is 36.0 Å². The molecule has 1 N–H and O–H groups in total. The standard InChI is InChI=1S/C15H21Cl2N3/c16-12-9-19-10-13(17)14(12)15(11-3-1-2-4-11)20-7-5-18-6-8-20/h9-11,15,18H,1-8H2/t15-/m0/s1. The van der Waals surface area contributed by atoms with E-state index in [1.807, 2.05) is 0 Å². The Bertz CT molecular complexity index is 434. The fourth-order valence-electron chi connectivity index (χ4n) is 3.65. The average molecular weight is 314 g/mol. The third-order valence-electron chi connectivity index (χ3n) is 4.58. The van der Waals surface area contributed by atoms with E-state index in [4.69, 9.17) is 23.2 Å². The summed E-state index contributed by atoms with van der Waals surface area (Å²) in [6, 6.07) is 0.350. The molecular formula is C15H21Cl2N3. The van der Waals surface area contributed by atoms with Gasteiger partial charge < -0.3 is 5.32 Å². The average Bonchev–Trinajstić information content (AvgIpc) is 2.98. The number of aromatic nitrogens is 1. The second-order valence-electron chi connectivity index (χ2n) is 5.79. The second kappa shape index (κ2) is 6.61. The van der Waals surface area contributed by atoms with Crippen LogP contribution in [0.25, 0.3) is 0 Å². The molecule has 1 atom stereocenters. The predicted octanol–water partition coefficient (Wildman–Crippen LogP) is 3.52. The van der Waals surface area contributed by atoms with Gasteiger partial charge in [-0.3, -0.25) is 9.88 Å². The molecule has 0 bridgehead atoms. The van der Waals surface area contributed by atoms with E-state index in [0.29, 0.717) is 22.0 Å². The summed E-state index contributed by atoms with van der Waals surface area (Å²) in [5, 5.41) is 4.85. The smallest absolute Gasteiger partial charge is 0.0652 e. The van der Waals surface area contributed by atoms with Gasteiger partial charge in [-0.15, -0.1) is 0 Å². The molecular weight excluding hydrogens is 293 g/mol. The molecule has 1 aliphatic carbocycles. The van der Waals surface area contributed by atoms with Gasteiger partial charge in [0.25, 0.3) is 0 Å². The topological polar surface area (TPSA) is 28.2 Å². The number of nitrogens with one attached hydrogen (secondary N) is 1. The van der Waals surface area contributed by atoms with Crippen molar-refractivity contribution in [3.63, 3.8) is 0 Å². The lowest BCUT2D eigenvalue weighted by atomic mass is 9.90. The number of rotatable bonds is 3. The molecule has 1 aromatic rings. The van der Waals surface area contributed by atoms with Crippen LogP contribution >= 0.6 is 23.2 Å². The first kappa shape index (κ1) is 14.6. The molecule has 0 aromatic carbocycles. The van der Waals surface area contributed by atoms with Crippen LogP contribution in [0.15, 0.2) is 12.4 Å². The highest BCUT2D eigenvalue weighted by Gasteiger charge is 2.34. The van der Waals surface area contributed by atoms with Gasteiger partial charge in [0.05, 0.1) is 10.0 Å². The van der Waals surface area contributed by atoms with Crippen LogP contribution in [0.5, 0.6) is 0 Å². The van der Waals surface area contributed by atoms with Crippen LogP contribution in [0.4, 0.5) is 0 Å². The van der Waals surface area contributed by atoms with Gasteiger partial charge in [0.2, 0.25) is 0 Å². The van der Waals surface area contributed by atoms with Crippen LogP contribution in [0.1, 0.15) is 37.3 Å². The largest absolute Gasteiger partial charge is 0.314 e. The molecule has 2 heterocycles. The van der Waals surface area contributed by atoms with Crippen molar-refractivity contribution >= 4 is 23.2 Å². The maximum atomic E-state index is 6.43. The summed E-state index contributed by atoms with van der Waals surface area (Å²) >= 11 is 12.9. The third kappa shape index (κ3) is 2.96. The summed E-state index contributed by atoms with van der Waals surface area (Å²) in [5.41, 5.74) is 1.09. The molecule has 2 fully saturated rings. The van der Waals surface area contributed by atoms with Crippen molar-refractivity contribution in [3.05, 3.63) is 28.0 Å². The van der Waals surface area contributed by atoms with E-state index in [0.717, 1.165) is 31.7 Å². The maximum absolute atomic E-state index is 6.43. The SMILES string of the molecule is Clc1cncc(Cl)c1[C@H](C1CCCC1)N1CCNCC1. The van der Waals surface area contributed by atoms with Gasteiger partial charge in [-0.05, 0) is 18.8 Å². The zero-order valence-corrected chi connectivity index (χ0v) is 13.1. The summed E-state index contributed by atoms with van der Waals surface area (Å²) in [5.74, 6) is 0.672. The number of hydrogen-bond donors (Lipinski definition) is 1. The van der Waals surface area contributed by atoms with Crippen molar-refractivity contribution in [2.24, 2.45) is 5.92 Å². The molecule has 1 aromatic heterocycles. The van der Waals surface area contributed by atoms with Gasteiger partial charge in [0, 0.05) is 50.2 Å².